The smallest absolute Gasteiger partial charge is 0.420 e. The second-order valence-electron chi connectivity index (χ2n) is 10.8. The van der Waals surface area contributed by atoms with E-state index in [1.54, 1.807) is 6.92 Å². The molecule has 3 aromatic rings. The number of hydrogen-bond acceptors (Lipinski definition) is 7. The van der Waals surface area contributed by atoms with Crippen LogP contribution in [0.5, 0.6) is 0 Å². The Morgan fingerprint density at radius 3 is 2.16 bits per heavy atom. The van der Waals surface area contributed by atoms with Crippen LogP contribution in [-0.4, -0.2) is 69.3 Å². The molecule has 236 valence electrons. The zero-order chi connectivity index (χ0) is 32.2. The van der Waals surface area contributed by atoms with E-state index >= 15 is 4.39 Å². The van der Waals surface area contributed by atoms with E-state index in [1.807, 2.05) is 0 Å². The lowest BCUT2D eigenvalue weighted by Crippen LogP contribution is -2.58. The average Bonchev–Trinajstić information content (AvgIpc) is 2.96. The molecular formula is C31H35F3N4O5S. The van der Waals surface area contributed by atoms with Gasteiger partial charge in [0.1, 0.15) is 17.5 Å². The lowest BCUT2D eigenvalue weighted by Gasteiger charge is -2.39. The number of nitrogens with zero attached hydrogens (tertiary/aromatic N) is 2. The summed E-state index contributed by atoms with van der Waals surface area (Å²) in [5.41, 5.74) is 6.83. The topological polar surface area (TPSA) is 122 Å². The summed E-state index contributed by atoms with van der Waals surface area (Å²) in [5, 5.41) is 3.18. The first-order valence-electron chi connectivity index (χ1n) is 14.0. The number of ether oxygens (including phenoxy) is 1. The Morgan fingerprint density at radius 2 is 1.61 bits per heavy atom. The van der Waals surface area contributed by atoms with Crippen molar-refractivity contribution in [2.24, 2.45) is 5.73 Å². The molecule has 0 radical (unpaired) electrons. The molecule has 1 aliphatic rings. The van der Waals surface area contributed by atoms with Gasteiger partial charge in [-0.05, 0) is 67.3 Å². The van der Waals surface area contributed by atoms with Crippen molar-refractivity contribution < 1.29 is 35.9 Å². The SMILES string of the molecule is COC(=O)N(C(=O)[C@@H](N)C(c1cccc(F)c1)c1cccc(F)c1)c1cccc(F)c1CC[C@H]1CNC[C@H](C)N1S(C)(=O)=O. The third-order valence-corrected chi connectivity index (χ3v) is 9.12. The van der Waals surface area contributed by atoms with Gasteiger partial charge in [-0.3, -0.25) is 4.79 Å². The van der Waals surface area contributed by atoms with Crippen LogP contribution >= 0.6 is 0 Å². The maximum atomic E-state index is 15.4. The first kappa shape index (κ1) is 33.1. The van der Waals surface area contributed by atoms with Gasteiger partial charge in [0, 0.05) is 36.7 Å². The first-order chi connectivity index (χ1) is 20.8. The molecule has 2 amide bonds. The number of anilines is 1. The van der Waals surface area contributed by atoms with E-state index in [4.69, 9.17) is 10.5 Å². The van der Waals surface area contributed by atoms with Gasteiger partial charge in [-0.2, -0.15) is 4.31 Å². The van der Waals surface area contributed by atoms with Gasteiger partial charge in [0.2, 0.25) is 10.0 Å². The van der Waals surface area contributed by atoms with Crippen LogP contribution in [0.25, 0.3) is 0 Å². The average molecular weight is 633 g/mol. The second kappa shape index (κ2) is 13.9. The molecule has 0 spiro atoms. The maximum Gasteiger partial charge on any atom is 0.420 e. The zero-order valence-corrected chi connectivity index (χ0v) is 25.4. The lowest BCUT2D eigenvalue weighted by atomic mass is 9.84. The number of methoxy groups -OCH3 is 1. The van der Waals surface area contributed by atoms with Gasteiger partial charge in [0.15, 0.2) is 0 Å². The van der Waals surface area contributed by atoms with Crippen LogP contribution in [0.2, 0.25) is 0 Å². The van der Waals surface area contributed by atoms with Crippen LogP contribution in [-0.2, 0) is 26.0 Å². The number of carbonyl (C=O) groups is 2. The van der Waals surface area contributed by atoms with E-state index in [9.17, 15) is 26.8 Å². The van der Waals surface area contributed by atoms with Crippen LogP contribution in [0.4, 0.5) is 23.7 Å². The Labute approximate surface area is 254 Å². The fourth-order valence-electron chi connectivity index (χ4n) is 5.84. The molecule has 0 bridgehead atoms. The maximum absolute atomic E-state index is 15.4. The summed E-state index contributed by atoms with van der Waals surface area (Å²) in [6, 6.07) is 12.0. The zero-order valence-electron chi connectivity index (χ0n) is 24.5. The Hall–Kier alpha value is -3.78. The molecule has 4 rings (SSSR count). The molecule has 1 aliphatic heterocycles. The first-order valence-corrected chi connectivity index (χ1v) is 15.8. The van der Waals surface area contributed by atoms with Crippen molar-refractivity contribution in [1.82, 2.24) is 9.62 Å². The van der Waals surface area contributed by atoms with Crippen molar-refractivity contribution in [3.05, 3.63) is 101 Å². The lowest BCUT2D eigenvalue weighted by molar-refractivity contribution is -0.119. The molecule has 44 heavy (non-hydrogen) atoms. The minimum absolute atomic E-state index is 0.0295. The highest BCUT2D eigenvalue weighted by Gasteiger charge is 2.38. The molecular weight excluding hydrogens is 597 g/mol. The molecule has 0 aromatic heterocycles. The summed E-state index contributed by atoms with van der Waals surface area (Å²) < 4.78 is 75.4. The van der Waals surface area contributed by atoms with Crippen LogP contribution in [0.1, 0.15) is 36.0 Å². The fourth-order valence-corrected chi connectivity index (χ4v) is 7.29. The number of hydrogen-bond donors (Lipinski definition) is 2. The highest BCUT2D eigenvalue weighted by Crippen LogP contribution is 2.33. The third-order valence-electron chi connectivity index (χ3n) is 7.70. The summed E-state index contributed by atoms with van der Waals surface area (Å²) in [6.07, 6.45) is 0.0897. The van der Waals surface area contributed by atoms with Gasteiger partial charge < -0.3 is 15.8 Å². The fraction of sp³-hybridized carbons (Fsp3) is 0.355. The molecule has 3 atom stereocenters. The minimum Gasteiger partial charge on any atom is -0.452 e. The number of carbonyl (C=O) groups excluding carboxylic acids is 2. The summed E-state index contributed by atoms with van der Waals surface area (Å²) in [4.78, 5) is 27.9. The largest absolute Gasteiger partial charge is 0.452 e. The molecule has 3 aromatic carbocycles. The van der Waals surface area contributed by atoms with E-state index in [0.29, 0.717) is 18.0 Å². The normalized spacial score (nSPS) is 18.2. The van der Waals surface area contributed by atoms with Crippen LogP contribution in [0.3, 0.4) is 0 Å². The van der Waals surface area contributed by atoms with Gasteiger partial charge in [0.25, 0.3) is 5.91 Å². The second-order valence-corrected chi connectivity index (χ2v) is 12.7. The molecule has 0 aliphatic carbocycles. The number of rotatable bonds is 9. The minimum atomic E-state index is -3.58. The number of sulfonamides is 1. The number of benzene rings is 3. The van der Waals surface area contributed by atoms with Gasteiger partial charge in [-0.15, -0.1) is 0 Å². The third kappa shape index (κ3) is 7.29. The van der Waals surface area contributed by atoms with E-state index in [-0.39, 0.29) is 41.3 Å². The van der Waals surface area contributed by atoms with Gasteiger partial charge in [-0.25, -0.2) is 31.3 Å². The predicted molar refractivity (Wildman–Crippen MR) is 160 cm³/mol. The Balaban J connectivity index is 1.74. The Bertz CT molecular complexity index is 1580. The molecule has 3 N–H and O–H groups in total. The number of amides is 2. The highest BCUT2D eigenvalue weighted by molar-refractivity contribution is 7.88. The van der Waals surface area contributed by atoms with E-state index in [0.717, 1.165) is 31.6 Å². The van der Waals surface area contributed by atoms with Crippen molar-refractivity contribution in [2.45, 2.75) is 43.8 Å². The number of nitrogens with one attached hydrogen (secondary N) is 1. The van der Waals surface area contributed by atoms with Crippen molar-refractivity contribution in [3.8, 4) is 0 Å². The molecule has 1 saturated heterocycles. The number of imide groups is 1. The predicted octanol–water partition coefficient (Wildman–Crippen LogP) is 3.92. The Kier molecular flexibility index (Phi) is 10.5. The number of nitrogens with two attached hydrogens (primary N) is 1. The van der Waals surface area contributed by atoms with Crippen molar-refractivity contribution in [3.63, 3.8) is 0 Å². The van der Waals surface area contributed by atoms with Crippen LogP contribution in [0.15, 0.2) is 66.7 Å². The quantitative estimate of drug-likeness (QED) is 0.367. The summed E-state index contributed by atoms with van der Waals surface area (Å²) in [6.45, 7) is 2.55. The van der Waals surface area contributed by atoms with E-state index in [2.05, 4.69) is 5.32 Å². The molecule has 1 heterocycles. The van der Waals surface area contributed by atoms with Gasteiger partial charge in [0.05, 0.1) is 25.1 Å². The van der Waals surface area contributed by atoms with E-state index in [1.165, 1.54) is 52.8 Å². The van der Waals surface area contributed by atoms with Crippen LogP contribution in [0, 0.1) is 17.5 Å². The van der Waals surface area contributed by atoms with E-state index < -0.39 is 57.5 Å². The highest BCUT2D eigenvalue weighted by atomic mass is 32.2. The Morgan fingerprint density at radius 1 is 1.02 bits per heavy atom. The molecule has 9 nitrogen and oxygen atoms in total. The van der Waals surface area contributed by atoms with Gasteiger partial charge in [-0.1, -0.05) is 30.3 Å². The molecule has 0 unspecified atom stereocenters. The van der Waals surface area contributed by atoms with Gasteiger partial charge >= 0.3 is 6.09 Å². The van der Waals surface area contributed by atoms with Crippen molar-refractivity contribution >= 4 is 27.7 Å². The van der Waals surface area contributed by atoms with Crippen molar-refractivity contribution in [1.29, 1.82) is 0 Å². The molecule has 1 fully saturated rings. The number of piperazine rings is 1. The summed E-state index contributed by atoms with van der Waals surface area (Å²) >= 11 is 0. The standard InChI is InChI=1S/C31H35F3N4O5S/c1-19-17-36-18-24(38(19)44(3,41)42)13-14-25-26(34)11-6-12-27(25)37(31(40)43-2)30(39)29(35)28(20-7-4-9-22(32)15-20)21-8-5-10-23(33)16-21/h4-12,15-16,19,24,28-29,36H,13-14,17-18,35H2,1-3H3/t19-,24-,29-/m0/s1. The summed E-state index contributed by atoms with van der Waals surface area (Å²) in [5.74, 6) is -4.07. The molecule has 0 saturated carbocycles. The number of halogens is 3. The molecule has 13 heteroatoms. The van der Waals surface area contributed by atoms with Crippen LogP contribution < -0.4 is 16.0 Å². The monoisotopic (exact) mass is 632 g/mol. The van der Waals surface area contributed by atoms with Crippen molar-refractivity contribution in [2.75, 3.05) is 31.4 Å². The summed E-state index contributed by atoms with van der Waals surface area (Å²) in [7, 11) is -2.54.